The average molecular weight is 375 g/mol. The Kier molecular flexibility index (Phi) is 7.35. The summed E-state index contributed by atoms with van der Waals surface area (Å²) < 4.78 is 5.97. The summed E-state index contributed by atoms with van der Waals surface area (Å²) in [5, 5.41) is 3.11. The number of likely N-dealkylation sites (tertiary alicyclic amines) is 1. The predicted molar refractivity (Wildman–Crippen MR) is 108 cm³/mol. The number of urea groups is 1. The van der Waals surface area contributed by atoms with Crippen LogP contribution in [0.4, 0.5) is 4.79 Å². The molecule has 150 valence electrons. The first-order valence-corrected chi connectivity index (χ1v) is 10.3. The van der Waals surface area contributed by atoms with E-state index in [9.17, 15) is 4.79 Å². The molecule has 0 bridgehead atoms. The van der Waals surface area contributed by atoms with E-state index in [-0.39, 0.29) is 12.1 Å². The van der Waals surface area contributed by atoms with Gasteiger partial charge < -0.3 is 24.8 Å². The van der Waals surface area contributed by atoms with Crippen LogP contribution in [0.3, 0.4) is 0 Å². The van der Waals surface area contributed by atoms with Crippen molar-refractivity contribution in [2.24, 2.45) is 5.92 Å². The van der Waals surface area contributed by atoms with E-state index in [1.807, 2.05) is 35.2 Å². The fourth-order valence-corrected chi connectivity index (χ4v) is 3.87. The van der Waals surface area contributed by atoms with Crippen LogP contribution in [0.1, 0.15) is 20.3 Å². The van der Waals surface area contributed by atoms with Crippen molar-refractivity contribution in [3.05, 3.63) is 30.3 Å². The number of para-hydroxylation sites is 1. The van der Waals surface area contributed by atoms with Crippen molar-refractivity contribution in [3.63, 3.8) is 0 Å². The second-order valence-electron chi connectivity index (χ2n) is 7.81. The number of nitrogens with one attached hydrogen (secondary N) is 1. The molecule has 0 aromatic heterocycles. The van der Waals surface area contributed by atoms with Gasteiger partial charge in [-0.15, -0.1) is 0 Å². The van der Waals surface area contributed by atoms with Crippen molar-refractivity contribution in [1.82, 2.24) is 20.0 Å². The Morgan fingerprint density at radius 1 is 1.15 bits per heavy atom. The minimum Gasteiger partial charge on any atom is -0.489 e. The van der Waals surface area contributed by atoms with Crippen LogP contribution in [-0.4, -0.2) is 85.7 Å². The zero-order valence-electron chi connectivity index (χ0n) is 16.8. The molecule has 2 saturated heterocycles. The summed E-state index contributed by atoms with van der Waals surface area (Å²) in [6.45, 7) is 13.4. The Hall–Kier alpha value is -1.79. The highest BCUT2D eigenvalue weighted by Crippen LogP contribution is 2.18. The molecule has 1 unspecified atom stereocenters. The molecule has 1 N–H and O–H groups in total. The van der Waals surface area contributed by atoms with Crippen LogP contribution in [0.5, 0.6) is 5.75 Å². The van der Waals surface area contributed by atoms with Gasteiger partial charge in [-0.25, -0.2) is 4.79 Å². The largest absolute Gasteiger partial charge is 0.489 e. The van der Waals surface area contributed by atoms with E-state index in [1.165, 1.54) is 0 Å². The molecule has 2 aliphatic rings. The predicted octanol–water partition coefficient (Wildman–Crippen LogP) is 2.12. The number of benzene rings is 1. The Bertz CT molecular complexity index is 575. The summed E-state index contributed by atoms with van der Waals surface area (Å²) in [4.78, 5) is 19.3. The molecule has 2 aliphatic heterocycles. The van der Waals surface area contributed by atoms with Crippen LogP contribution in [0.15, 0.2) is 30.3 Å². The van der Waals surface area contributed by atoms with E-state index in [4.69, 9.17) is 4.74 Å². The zero-order chi connectivity index (χ0) is 19.1. The summed E-state index contributed by atoms with van der Waals surface area (Å²) >= 11 is 0. The highest BCUT2D eigenvalue weighted by atomic mass is 16.5. The normalized spacial score (nSPS) is 22.6. The van der Waals surface area contributed by atoms with Gasteiger partial charge in [0.25, 0.3) is 0 Å². The number of ether oxygens (including phenoxy) is 1. The molecular formula is C21H34N4O2. The smallest absolute Gasteiger partial charge is 0.317 e. The van der Waals surface area contributed by atoms with E-state index in [0.29, 0.717) is 12.5 Å². The van der Waals surface area contributed by atoms with Gasteiger partial charge in [-0.3, -0.25) is 0 Å². The second kappa shape index (κ2) is 9.95. The first-order valence-electron chi connectivity index (χ1n) is 10.3. The number of hydrogen-bond acceptors (Lipinski definition) is 4. The van der Waals surface area contributed by atoms with Crippen LogP contribution in [-0.2, 0) is 0 Å². The molecule has 6 heteroatoms. The molecule has 2 atom stereocenters. The van der Waals surface area contributed by atoms with Crippen molar-refractivity contribution in [2.45, 2.75) is 26.4 Å². The lowest BCUT2D eigenvalue weighted by atomic mass is 10.1. The number of piperazine rings is 1. The molecule has 1 aromatic rings. The zero-order valence-corrected chi connectivity index (χ0v) is 16.8. The lowest BCUT2D eigenvalue weighted by Gasteiger charge is -2.35. The van der Waals surface area contributed by atoms with Crippen molar-refractivity contribution in [2.75, 3.05) is 58.9 Å². The fourth-order valence-electron chi connectivity index (χ4n) is 3.87. The fraction of sp³-hybridized carbons (Fsp3) is 0.667. The Balaban J connectivity index is 1.33. The molecule has 0 radical (unpaired) electrons. The molecule has 6 nitrogen and oxygen atoms in total. The van der Waals surface area contributed by atoms with Crippen molar-refractivity contribution >= 4 is 6.03 Å². The summed E-state index contributed by atoms with van der Waals surface area (Å²) in [7, 11) is 0. The van der Waals surface area contributed by atoms with Crippen molar-refractivity contribution in [3.8, 4) is 5.75 Å². The minimum absolute atomic E-state index is 0.0387. The number of hydrogen-bond donors (Lipinski definition) is 1. The molecule has 2 fully saturated rings. The van der Waals surface area contributed by atoms with Crippen LogP contribution in [0.2, 0.25) is 0 Å². The number of likely N-dealkylation sites (N-methyl/N-ethyl adjacent to an activating group) is 1. The van der Waals surface area contributed by atoms with Gasteiger partial charge in [-0.1, -0.05) is 32.0 Å². The number of amides is 2. The van der Waals surface area contributed by atoms with E-state index >= 15 is 0 Å². The lowest BCUT2D eigenvalue weighted by Crippen LogP contribution is -2.48. The molecule has 0 spiro atoms. The molecule has 2 heterocycles. The maximum absolute atomic E-state index is 12.5. The number of carbonyl (C=O) groups is 1. The van der Waals surface area contributed by atoms with Gasteiger partial charge in [0.2, 0.25) is 0 Å². The van der Waals surface area contributed by atoms with Crippen molar-refractivity contribution < 1.29 is 9.53 Å². The summed E-state index contributed by atoms with van der Waals surface area (Å²) in [5.41, 5.74) is 0. The van der Waals surface area contributed by atoms with E-state index in [1.54, 1.807) is 0 Å². The quantitative estimate of drug-likeness (QED) is 0.794. The average Bonchev–Trinajstić information content (AvgIpc) is 3.16. The van der Waals surface area contributed by atoms with Gasteiger partial charge in [-0.2, -0.15) is 0 Å². The summed E-state index contributed by atoms with van der Waals surface area (Å²) in [5.74, 6) is 1.34. The lowest BCUT2D eigenvalue weighted by molar-refractivity contribution is 0.123. The second-order valence-corrected chi connectivity index (χ2v) is 7.81. The van der Waals surface area contributed by atoms with Crippen LogP contribution < -0.4 is 10.1 Å². The third-order valence-corrected chi connectivity index (χ3v) is 5.56. The first-order chi connectivity index (χ1) is 13.1. The van der Waals surface area contributed by atoms with Gasteiger partial charge in [-0.05, 0) is 24.6 Å². The molecule has 0 aliphatic carbocycles. The van der Waals surface area contributed by atoms with Crippen LogP contribution in [0.25, 0.3) is 0 Å². The Morgan fingerprint density at radius 3 is 2.56 bits per heavy atom. The van der Waals surface area contributed by atoms with Gasteiger partial charge in [0.1, 0.15) is 11.9 Å². The molecule has 1 aromatic carbocycles. The highest BCUT2D eigenvalue weighted by molar-refractivity contribution is 5.74. The number of carbonyl (C=O) groups excluding carboxylic acids is 1. The maximum Gasteiger partial charge on any atom is 0.317 e. The standard InChI is InChI=1S/C21H34N4O2/c1-3-23-11-13-24(14-12-23)16-18(2)15-22-21(26)25-10-9-20(17-25)27-19-7-5-4-6-8-19/h4-8,18,20H,3,9-17H2,1-2H3,(H,22,26)/t18?,20-/m0/s1. The topological polar surface area (TPSA) is 48.0 Å². The van der Waals surface area contributed by atoms with E-state index < -0.39 is 0 Å². The molecule has 0 saturated carbocycles. The first kappa shape index (κ1) is 20.0. The van der Waals surface area contributed by atoms with E-state index in [0.717, 1.165) is 64.5 Å². The van der Waals surface area contributed by atoms with Gasteiger partial charge in [0.15, 0.2) is 0 Å². The summed E-state index contributed by atoms with van der Waals surface area (Å²) in [6.07, 6.45) is 0.977. The molecule has 27 heavy (non-hydrogen) atoms. The molecular weight excluding hydrogens is 340 g/mol. The van der Waals surface area contributed by atoms with Crippen molar-refractivity contribution in [1.29, 1.82) is 0 Å². The third-order valence-electron chi connectivity index (χ3n) is 5.56. The Morgan fingerprint density at radius 2 is 1.85 bits per heavy atom. The van der Waals surface area contributed by atoms with Crippen LogP contribution >= 0.6 is 0 Å². The Labute approximate surface area is 163 Å². The molecule has 2 amide bonds. The molecule has 3 rings (SSSR count). The van der Waals surface area contributed by atoms with Gasteiger partial charge in [0.05, 0.1) is 6.54 Å². The summed E-state index contributed by atoms with van der Waals surface area (Å²) in [6, 6.07) is 9.88. The van der Waals surface area contributed by atoms with Gasteiger partial charge >= 0.3 is 6.03 Å². The number of nitrogens with zero attached hydrogens (tertiary/aromatic N) is 3. The number of rotatable bonds is 7. The SMILES string of the molecule is CCN1CCN(CC(C)CNC(=O)N2CC[C@H](Oc3ccccc3)C2)CC1. The third kappa shape index (κ3) is 6.11. The van der Waals surface area contributed by atoms with Gasteiger partial charge in [0, 0.05) is 52.2 Å². The maximum atomic E-state index is 12.5. The minimum atomic E-state index is 0.0387. The highest BCUT2D eigenvalue weighted by Gasteiger charge is 2.28. The monoisotopic (exact) mass is 374 g/mol. The van der Waals surface area contributed by atoms with Crippen LogP contribution in [0, 0.1) is 5.92 Å². The van der Waals surface area contributed by atoms with E-state index in [2.05, 4.69) is 29.0 Å².